The zero-order chi connectivity index (χ0) is 20.8. The van der Waals surface area contributed by atoms with E-state index in [1.54, 1.807) is 4.90 Å². The Morgan fingerprint density at radius 1 is 1.07 bits per heavy atom. The molecule has 1 saturated carbocycles. The fraction of sp³-hybridized carbons (Fsp3) is 0.500. The first kappa shape index (κ1) is 20.6. The van der Waals surface area contributed by atoms with Gasteiger partial charge in [0.15, 0.2) is 0 Å². The Morgan fingerprint density at radius 2 is 1.87 bits per heavy atom. The molecule has 6 nitrogen and oxygen atoms in total. The molecular formula is C24H35N6+3. The number of H-pyrrole nitrogens is 1. The monoisotopic (exact) mass is 407 g/mol. The quantitative estimate of drug-likeness (QED) is 0.550. The minimum absolute atomic E-state index is 0.752. The highest BCUT2D eigenvalue weighted by molar-refractivity contribution is 5.60. The zero-order valence-electron chi connectivity index (χ0n) is 17.9. The Bertz CT molecular complexity index is 883. The van der Waals surface area contributed by atoms with Crippen LogP contribution in [0.15, 0.2) is 30.3 Å². The maximum atomic E-state index is 9.93. The van der Waals surface area contributed by atoms with Crippen LogP contribution in [0.25, 0.3) is 0 Å². The summed E-state index contributed by atoms with van der Waals surface area (Å²) in [7, 11) is 0. The van der Waals surface area contributed by atoms with Crippen LogP contribution in [0, 0.1) is 11.3 Å². The molecule has 1 fully saturated rings. The van der Waals surface area contributed by atoms with Gasteiger partial charge >= 0.3 is 0 Å². The number of aromatic amines is 1. The van der Waals surface area contributed by atoms with Crippen molar-refractivity contribution in [1.29, 1.82) is 5.26 Å². The number of aromatic nitrogens is 1. The van der Waals surface area contributed by atoms with Gasteiger partial charge in [-0.2, -0.15) is 5.26 Å². The second-order valence-electron chi connectivity index (χ2n) is 8.61. The van der Waals surface area contributed by atoms with E-state index < -0.39 is 0 Å². The van der Waals surface area contributed by atoms with Gasteiger partial charge in [0.05, 0.1) is 24.7 Å². The van der Waals surface area contributed by atoms with Crippen molar-refractivity contribution in [3.8, 4) is 6.07 Å². The van der Waals surface area contributed by atoms with Gasteiger partial charge in [0, 0.05) is 6.42 Å². The number of rotatable bonds is 7. The molecule has 30 heavy (non-hydrogen) atoms. The van der Waals surface area contributed by atoms with Gasteiger partial charge in [0.25, 0.3) is 0 Å². The Hall–Kier alpha value is -2.62. The first-order valence-electron chi connectivity index (χ1n) is 11.5. The number of hydrogen-bond donors (Lipinski definition) is 4. The fourth-order valence-corrected chi connectivity index (χ4v) is 5.05. The average Bonchev–Trinajstić information content (AvgIpc) is 2.82. The predicted molar refractivity (Wildman–Crippen MR) is 118 cm³/mol. The summed E-state index contributed by atoms with van der Waals surface area (Å²) in [6, 6.07) is 13.7. The minimum atomic E-state index is 0.752. The molecule has 2 aromatic rings. The van der Waals surface area contributed by atoms with E-state index in [4.69, 9.17) is 0 Å². The van der Waals surface area contributed by atoms with E-state index >= 15 is 0 Å². The lowest BCUT2D eigenvalue weighted by molar-refractivity contribution is -0.942. The van der Waals surface area contributed by atoms with Crippen molar-refractivity contribution in [3.63, 3.8) is 0 Å². The van der Waals surface area contributed by atoms with Gasteiger partial charge < -0.3 is 16.0 Å². The molecule has 2 heterocycles. The summed E-state index contributed by atoms with van der Waals surface area (Å²) in [5.41, 5.74) is 8.48. The zero-order valence-corrected chi connectivity index (χ0v) is 17.9. The highest BCUT2D eigenvalue weighted by Crippen LogP contribution is 2.27. The van der Waals surface area contributed by atoms with Gasteiger partial charge in [-0.05, 0) is 36.8 Å². The Kier molecular flexibility index (Phi) is 6.83. The molecule has 158 valence electrons. The molecule has 1 aromatic carbocycles. The van der Waals surface area contributed by atoms with Crippen molar-refractivity contribution in [3.05, 3.63) is 52.6 Å². The van der Waals surface area contributed by atoms with E-state index in [0.29, 0.717) is 0 Å². The highest BCUT2D eigenvalue weighted by Gasteiger charge is 2.34. The van der Waals surface area contributed by atoms with E-state index in [9.17, 15) is 5.26 Å². The first-order valence-corrected chi connectivity index (χ1v) is 11.5. The predicted octanol–water partition coefficient (Wildman–Crippen LogP) is 0.912. The molecule has 1 aliphatic heterocycles. The van der Waals surface area contributed by atoms with Crippen LogP contribution in [-0.4, -0.2) is 25.7 Å². The second kappa shape index (κ2) is 9.92. The number of anilines is 2. The SMILES string of the molecule is N#Cc1c(NCC[NH3+])[nH+]c(NCc2ccccc2)c2c1CC[NH+](C1CCCCC1)C2. The number of fused-ring (bicyclic) bond motifs is 1. The van der Waals surface area contributed by atoms with Crippen LogP contribution in [-0.2, 0) is 19.5 Å². The van der Waals surface area contributed by atoms with E-state index in [0.717, 1.165) is 62.4 Å². The van der Waals surface area contributed by atoms with Gasteiger partial charge in [-0.25, -0.2) is 4.98 Å². The van der Waals surface area contributed by atoms with Crippen LogP contribution < -0.4 is 26.3 Å². The van der Waals surface area contributed by atoms with Crippen LogP contribution in [0.3, 0.4) is 0 Å². The molecule has 1 aliphatic carbocycles. The summed E-state index contributed by atoms with van der Waals surface area (Å²) in [6.45, 7) is 4.42. The lowest BCUT2D eigenvalue weighted by atomic mass is 9.90. The molecule has 4 rings (SSSR count). The number of nitrogens with one attached hydrogen (secondary N) is 4. The molecule has 1 aromatic heterocycles. The van der Waals surface area contributed by atoms with Crippen molar-refractivity contribution >= 4 is 11.6 Å². The third-order valence-corrected chi connectivity index (χ3v) is 6.65. The summed E-state index contributed by atoms with van der Waals surface area (Å²) in [5, 5.41) is 17.0. The summed E-state index contributed by atoms with van der Waals surface area (Å²) in [4.78, 5) is 5.23. The number of benzene rings is 1. The normalized spacial score (nSPS) is 19.0. The second-order valence-corrected chi connectivity index (χ2v) is 8.61. The summed E-state index contributed by atoms with van der Waals surface area (Å²) in [5.74, 6) is 1.89. The topological polar surface area (TPSA) is 94.1 Å². The lowest BCUT2D eigenvalue weighted by Gasteiger charge is -2.35. The molecule has 2 aliphatic rings. The largest absolute Gasteiger partial charge is 0.355 e. The average molecular weight is 408 g/mol. The Balaban J connectivity index is 1.65. The summed E-state index contributed by atoms with van der Waals surface area (Å²) < 4.78 is 0. The number of hydrogen-bond acceptors (Lipinski definition) is 3. The van der Waals surface area contributed by atoms with Gasteiger partial charge in [-0.1, -0.05) is 36.8 Å². The van der Waals surface area contributed by atoms with Crippen molar-refractivity contribution < 1.29 is 15.6 Å². The first-order chi connectivity index (χ1) is 14.8. The molecule has 0 radical (unpaired) electrons. The maximum Gasteiger partial charge on any atom is 0.237 e. The lowest BCUT2D eigenvalue weighted by Crippen LogP contribution is -3.15. The van der Waals surface area contributed by atoms with Gasteiger partial charge in [-0.3, -0.25) is 5.32 Å². The molecule has 6 heteroatoms. The van der Waals surface area contributed by atoms with Crippen LogP contribution >= 0.6 is 0 Å². The maximum absolute atomic E-state index is 9.93. The van der Waals surface area contributed by atoms with Crippen LogP contribution in [0.4, 0.5) is 11.6 Å². The van der Waals surface area contributed by atoms with Gasteiger partial charge in [-0.15, -0.1) is 0 Å². The van der Waals surface area contributed by atoms with Crippen molar-refractivity contribution in [2.75, 3.05) is 30.3 Å². The number of nitrogens with zero attached hydrogens (tertiary/aromatic N) is 1. The van der Waals surface area contributed by atoms with E-state index in [1.165, 1.54) is 48.8 Å². The third-order valence-electron chi connectivity index (χ3n) is 6.65. The standard InChI is InChI=1S/C24H32N6/c25-12-13-27-23-21(15-26)20-11-14-30(19-9-5-2-6-10-19)17-22(20)24(29-23)28-16-18-7-3-1-4-8-18/h1,3-4,7-8,19H,2,5-6,9-14,16-17,25H2,(H2,27,28,29)/p+3. The smallest absolute Gasteiger partial charge is 0.237 e. The van der Waals surface area contributed by atoms with Gasteiger partial charge in [0.2, 0.25) is 11.6 Å². The van der Waals surface area contributed by atoms with E-state index in [1.807, 2.05) is 6.07 Å². The Labute approximate surface area is 179 Å². The third kappa shape index (κ3) is 4.58. The van der Waals surface area contributed by atoms with Crippen LogP contribution in [0.5, 0.6) is 0 Å². The molecule has 1 unspecified atom stereocenters. The fourth-order valence-electron chi connectivity index (χ4n) is 5.05. The molecule has 0 spiro atoms. The number of nitriles is 1. The van der Waals surface area contributed by atoms with Crippen LogP contribution in [0.1, 0.15) is 54.4 Å². The number of pyridine rings is 1. The van der Waals surface area contributed by atoms with E-state index in [2.05, 4.69) is 51.7 Å². The van der Waals surface area contributed by atoms with Crippen molar-refractivity contribution in [1.82, 2.24) is 0 Å². The van der Waals surface area contributed by atoms with Crippen molar-refractivity contribution in [2.24, 2.45) is 0 Å². The van der Waals surface area contributed by atoms with Crippen molar-refractivity contribution in [2.45, 2.75) is 57.7 Å². The molecule has 1 atom stereocenters. The molecule has 0 bridgehead atoms. The van der Waals surface area contributed by atoms with Gasteiger partial charge in [0.1, 0.15) is 31.3 Å². The summed E-state index contributed by atoms with van der Waals surface area (Å²) >= 11 is 0. The molecule has 0 saturated heterocycles. The molecular weight excluding hydrogens is 372 g/mol. The van der Waals surface area contributed by atoms with Crippen LogP contribution in [0.2, 0.25) is 0 Å². The highest BCUT2D eigenvalue weighted by atomic mass is 15.2. The van der Waals surface area contributed by atoms with E-state index in [-0.39, 0.29) is 0 Å². The molecule has 7 N–H and O–H groups in total. The minimum Gasteiger partial charge on any atom is -0.355 e. The molecule has 0 amide bonds. The summed E-state index contributed by atoms with van der Waals surface area (Å²) in [6.07, 6.45) is 7.77. The Morgan fingerprint density at radius 3 is 2.60 bits per heavy atom. The number of quaternary nitrogens is 2.